The van der Waals surface area contributed by atoms with Gasteiger partial charge in [0, 0.05) is 18.7 Å². The number of aliphatic hydroxyl groups is 1. The van der Waals surface area contributed by atoms with Gasteiger partial charge in [0.1, 0.15) is 0 Å². The number of carbonyl (C=O) groups is 1. The van der Waals surface area contributed by atoms with Gasteiger partial charge in [0.05, 0.1) is 18.7 Å². The van der Waals surface area contributed by atoms with Gasteiger partial charge in [0.2, 0.25) is 0 Å². The van der Waals surface area contributed by atoms with Crippen molar-refractivity contribution in [3.8, 4) is 11.8 Å². The summed E-state index contributed by atoms with van der Waals surface area (Å²) in [5.74, 6) is 5.62. The molecule has 20 heavy (non-hydrogen) atoms. The number of rotatable bonds is 5. The Morgan fingerprint density at radius 1 is 1.40 bits per heavy atom. The van der Waals surface area contributed by atoms with Gasteiger partial charge >= 0.3 is 0 Å². The molecule has 0 heterocycles. The minimum Gasteiger partial charge on any atom is -0.395 e. The molecule has 0 aromatic heterocycles. The molecular weight excluding hydrogens is 252 g/mol. The fraction of sp³-hybridized carbons (Fsp3) is 0.438. The van der Waals surface area contributed by atoms with Crippen LogP contribution in [0.4, 0.5) is 0 Å². The van der Waals surface area contributed by atoms with Crippen LogP contribution in [0.5, 0.6) is 0 Å². The van der Waals surface area contributed by atoms with E-state index in [1.54, 1.807) is 4.90 Å². The van der Waals surface area contributed by atoms with Gasteiger partial charge in [-0.3, -0.25) is 4.79 Å². The van der Waals surface area contributed by atoms with E-state index in [0.717, 1.165) is 12.0 Å². The van der Waals surface area contributed by atoms with Crippen molar-refractivity contribution >= 4 is 5.91 Å². The van der Waals surface area contributed by atoms with Gasteiger partial charge in [0.25, 0.3) is 5.91 Å². The average Bonchev–Trinajstić information content (AvgIpc) is 2.45. The summed E-state index contributed by atoms with van der Waals surface area (Å²) < 4.78 is 0. The first-order valence-electron chi connectivity index (χ1n) is 6.83. The lowest BCUT2D eigenvalue weighted by Gasteiger charge is -2.22. The maximum atomic E-state index is 12.6. The van der Waals surface area contributed by atoms with Gasteiger partial charge < -0.3 is 15.7 Å². The van der Waals surface area contributed by atoms with Gasteiger partial charge in [-0.05, 0) is 25.5 Å². The lowest BCUT2D eigenvalue weighted by atomic mass is 10.0. The Morgan fingerprint density at radius 2 is 2.15 bits per heavy atom. The molecule has 1 amide bonds. The molecule has 0 saturated carbocycles. The molecule has 0 radical (unpaired) electrons. The lowest BCUT2D eigenvalue weighted by Crippen LogP contribution is -2.34. The number of amides is 1. The Morgan fingerprint density at radius 3 is 2.75 bits per heavy atom. The molecule has 1 rings (SSSR count). The third-order valence-electron chi connectivity index (χ3n) is 2.88. The summed E-state index contributed by atoms with van der Waals surface area (Å²) >= 11 is 0. The van der Waals surface area contributed by atoms with E-state index < -0.39 is 0 Å². The SMILES string of the molecule is CCCN(CCO)C(=O)c1cc(C)ccc1C#CCN. The molecule has 0 bridgehead atoms. The van der Waals surface area contributed by atoms with E-state index in [0.29, 0.717) is 24.2 Å². The van der Waals surface area contributed by atoms with Crippen molar-refractivity contribution in [3.63, 3.8) is 0 Å². The topological polar surface area (TPSA) is 66.6 Å². The van der Waals surface area contributed by atoms with Gasteiger partial charge in [-0.25, -0.2) is 0 Å². The molecule has 0 atom stereocenters. The maximum absolute atomic E-state index is 12.6. The second-order valence-electron chi connectivity index (χ2n) is 4.57. The zero-order valence-corrected chi connectivity index (χ0v) is 12.1. The van der Waals surface area contributed by atoms with E-state index >= 15 is 0 Å². The average molecular weight is 274 g/mol. The Balaban J connectivity index is 3.14. The van der Waals surface area contributed by atoms with Gasteiger partial charge in [0.15, 0.2) is 0 Å². The van der Waals surface area contributed by atoms with Crippen molar-refractivity contribution in [2.75, 3.05) is 26.2 Å². The predicted molar refractivity (Wildman–Crippen MR) is 80.4 cm³/mol. The minimum absolute atomic E-state index is 0.0403. The first-order chi connectivity index (χ1) is 9.63. The number of hydrogen-bond acceptors (Lipinski definition) is 3. The van der Waals surface area contributed by atoms with Crippen molar-refractivity contribution in [2.24, 2.45) is 5.73 Å². The Bertz CT molecular complexity index is 509. The number of nitrogens with two attached hydrogens (primary N) is 1. The summed E-state index contributed by atoms with van der Waals surface area (Å²) in [6, 6.07) is 5.60. The van der Waals surface area contributed by atoms with Crippen LogP contribution in [0.1, 0.15) is 34.8 Å². The van der Waals surface area contributed by atoms with Gasteiger partial charge in [-0.2, -0.15) is 0 Å². The van der Waals surface area contributed by atoms with Gasteiger partial charge in [-0.15, -0.1) is 0 Å². The van der Waals surface area contributed by atoms with E-state index in [2.05, 4.69) is 11.8 Å². The second-order valence-corrected chi connectivity index (χ2v) is 4.57. The molecule has 108 valence electrons. The van der Waals surface area contributed by atoms with Crippen molar-refractivity contribution in [1.82, 2.24) is 4.90 Å². The number of aryl methyl sites for hydroxylation is 1. The van der Waals surface area contributed by atoms with Crippen LogP contribution < -0.4 is 5.73 Å². The van der Waals surface area contributed by atoms with Crippen LogP contribution in [0.15, 0.2) is 18.2 Å². The highest BCUT2D eigenvalue weighted by atomic mass is 16.3. The molecule has 4 nitrogen and oxygen atoms in total. The summed E-state index contributed by atoms with van der Waals surface area (Å²) in [4.78, 5) is 14.2. The van der Waals surface area contributed by atoms with Crippen molar-refractivity contribution in [1.29, 1.82) is 0 Å². The molecule has 0 aliphatic carbocycles. The molecule has 1 aromatic carbocycles. The Labute approximate surface area is 120 Å². The fourth-order valence-electron chi connectivity index (χ4n) is 1.97. The van der Waals surface area contributed by atoms with Crippen molar-refractivity contribution in [2.45, 2.75) is 20.3 Å². The van der Waals surface area contributed by atoms with Crippen LogP contribution in [0.25, 0.3) is 0 Å². The number of hydrogen-bond donors (Lipinski definition) is 2. The molecule has 0 aliphatic heterocycles. The summed E-state index contributed by atoms with van der Waals surface area (Å²) in [6.45, 7) is 5.12. The van der Waals surface area contributed by atoms with Crippen LogP contribution in [-0.4, -0.2) is 42.2 Å². The molecular formula is C16H22N2O2. The monoisotopic (exact) mass is 274 g/mol. The molecule has 4 heteroatoms. The Hall–Kier alpha value is -1.83. The first kappa shape index (κ1) is 16.2. The van der Waals surface area contributed by atoms with Crippen LogP contribution >= 0.6 is 0 Å². The molecule has 0 fully saturated rings. The zero-order valence-electron chi connectivity index (χ0n) is 12.1. The van der Waals surface area contributed by atoms with E-state index in [4.69, 9.17) is 10.8 Å². The predicted octanol–water partition coefficient (Wildman–Crippen LogP) is 1.15. The fourth-order valence-corrected chi connectivity index (χ4v) is 1.97. The molecule has 1 aromatic rings. The summed E-state index contributed by atoms with van der Waals surface area (Å²) in [7, 11) is 0. The molecule has 0 saturated heterocycles. The third-order valence-corrected chi connectivity index (χ3v) is 2.88. The van der Waals surface area contributed by atoms with Gasteiger partial charge in [-0.1, -0.05) is 30.4 Å². The largest absolute Gasteiger partial charge is 0.395 e. The highest BCUT2D eigenvalue weighted by Crippen LogP contribution is 2.14. The molecule has 0 aliphatic rings. The first-order valence-corrected chi connectivity index (χ1v) is 6.83. The van der Waals surface area contributed by atoms with Crippen LogP contribution in [0.3, 0.4) is 0 Å². The van der Waals surface area contributed by atoms with Crippen molar-refractivity contribution in [3.05, 3.63) is 34.9 Å². The van der Waals surface area contributed by atoms with E-state index in [-0.39, 0.29) is 19.1 Å². The lowest BCUT2D eigenvalue weighted by molar-refractivity contribution is 0.0721. The van der Waals surface area contributed by atoms with Crippen LogP contribution in [0, 0.1) is 18.8 Å². The summed E-state index contributed by atoms with van der Waals surface area (Å²) in [5, 5.41) is 9.09. The Kier molecular flexibility index (Phi) is 6.78. The molecule has 0 spiro atoms. The zero-order chi connectivity index (χ0) is 15.0. The summed E-state index contributed by atoms with van der Waals surface area (Å²) in [6.07, 6.45) is 0.849. The third kappa shape index (κ3) is 4.37. The molecule has 0 unspecified atom stereocenters. The van der Waals surface area contributed by atoms with E-state index in [1.807, 2.05) is 32.0 Å². The van der Waals surface area contributed by atoms with E-state index in [9.17, 15) is 4.79 Å². The summed E-state index contributed by atoms with van der Waals surface area (Å²) in [5.41, 5.74) is 7.65. The number of benzene rings is 1. The number of nitrogens with zero attached hydrogens (tertiary/aromatic N) is 1. The smallest absolute Gasteiger partial charge is 0.255 e. The minimum atomic E-state index is -0.0917. The number of carbonyl (C=O) groups excluding carboxylic acids is 1. The standard InChI is InChI=1S/C16H22N2O2/c1-3-9-18(10-11-19)16(20)15-12-13(2)6-7-14(15)5-4-8-17/h6-7,12,19H,3,8-11,17H2,1-2H3. The highest BCUT2D eigenvalue weighted by molar-refractivity contribution is 5.97. The quantitative estimate of drug-likeness (QED) is 0.792. The normalized spacial score (nSPS) is 9.80. The van der Waals surface area contributed by atoms with Crippen LogP contribution in [0.2, 0.25) is 0 Å². The number of aliphatic hydroxyl groups excluding tert-OH is 1. The van der Waals surface area contributed by atoms with Crippen LogP contribution in [-0.2, 0) is 0 Å². The highest BCUT2D eigenvalue weighted by Gasteiger charge is 2.17. The van der Waals surface area contributed by atoms with Crippen molar-refractivity contribution < 1.29 is 9.90 Å². The second kappa shape index (κ2) is 8.36. The maximum Gasteiger partial charge on any atom is 0.255 e. The molecule has 3 N–H and O–H groups in total. The van der Waals surface area contributed by atoms with E-state index in [1.165, 1.54) is 0 Å².